The molecule has 0 spiro atoms. The first kappa shape index (κ1) is 19.7. The van der Waals surface area contributed by atoms with Crippen LogP contribution < -0.4 is 10.9 Å². The lowest BCUT2D eigenvalue weighted by atomic mass is 9.98. The predicted octanol–water partition coefficient (Wildman–Crippen LogP) is 3.66. The summed E-state index contributed by atoms with van der Waals surface area (Å²) in [7, 11) is 0. The summed E-state index contributed by atoms with van der Waals surface area (Å²) < 4.78 is 0. The van der Waals surface area contributed by atoms with Crippen molar-refractivity contribution >= 4 is 39.2 Å². The number of nitrogens with zero attached hydrogens (tertiary/aromatic N) is 1. The van der Waals surface area contributed by atoms with E-state index in [1.165, 1.54) is 11.8 Å². The largest absolute Gasteiger partial charge is 0.352 e. The van der Waals surface area contributed by atoms with E-state index in [0.29, 0.717) is 23.0 Å². The summed E-state index contributed by atoms with van der Waals surface area (Å²) in [5.41, 5.74) is 0.991. The standard InChI is InChI=1S/C18H25N3O2S2/c1-6-8-19-15(22)12(5)25-18-20-16(23)14-13(9-10(3)7-2)11(4)24-17(14)21-18/h6,10,12H,1,7-9H2,2-5H3,(H,19,22)(H,20,21,23)/t10-,12-/m1/s1. The Hall–Kier alpha value is -1.60. The predicted molar refractivity (Wildman–Crippen MR) is 107 cm³/mol. The van der Waals surface area contributed by atoms with Crippen LogP contribution in [0.5, 0.6) is 0 Å². The molecule has 0 saturated heterocycles. The Morgan fingerprint density at radius 1 is 1.48 bits per heavy atom. The number of amides is 1. The second-order valence-electron chi connectivity index (χ2n) is 6.20. The molecule has 0 aromatic carbocycles. The average Bonchev–Trinajstić information content (AvgIpc) is 2.88. The summed E-state index contributed by atoms with van der Waals surface area (Å²) >= 11 is 2.81. The zero-order valence-electron chi connectivity index (χ0n) is 15.1. The van der Waals surface area contributed by atoms with Crippen molar-refractivity contribution in [1.82, 2.24) is 15.3 Å². The molecule has 2 aromatic rings. The van der Waals surface area contributed by atoms with E-state index < -0.39 is 0 Å². The lowest BCUT2D eigenvalue weighted by molar-refractivity contribution is -0.120. The van der Waals surface area contributed by atoms with Gasteiger partial charge in [-0.25, -0.2) is 4.98 Å². The van der Waals surface area contributed by atoms with E-state index in [0.717, 1.165) is 28.1 Å². The minimum atomic E-state index is -0.346. The number of aromatic nitrogens is 2. The van der Waals surface area contributed by atoms with Crippen LogP contribution in [0.1, 0.15) is 37.6 Å². The van der Waals surface area contributed by atoms with Crippen molar-refractivity contribution in [1.29, 1.82) is 0 Å². The molecular weight excluding hydrogens is 354 g/mol. The summed E-state index contributed by atoms with van der Waals surface area (Å²) in [5, 5.41) is 3.59. The molecule has 1 amide bonds. The number of H-pyrrole nitrogens is 1. The number of carbonyl (C=O) groups is 1. The van der Waals surface area contributed by atoms with Crippen LogP contribution in [0.4, 0.5) is 0 Å². The van der Waals surface area contributed by atoms with E-state index in [4.69, 9.17) is 0 Å². The topological polar surface area (TPSA) is 74.8 Å². The van der Waals surface area contributed by atoms with E-state index in [1.54, 1.807) is 24.3 Å². The molecule has 0 radical (unpaired) electrons. The van der Waals surface area contributed by atoms with Crippen LogP contribution in [0.15, 0.2) is 22.6 Å². The summed E-state index contributed by atoms with van der Waals surface area (Å²) in [6.07, 6.45) is 3.60. The third-order valence-corrected chi connectivity index (χ3v) is 6.19. The van der Waals surface area contributed by atoms with Gasteiger partial charge in [-0.1, -0.05) is 38.1 Å². The monoisotopic (exact) mass is 379 g/mol. The van der Waals surface area contributed by atoms with Crippen molar-refractivity contribution in [3.63, 3.8) is 0 Å². The molecule has 2 atom stereocenters. The Morgan fingerprint density at radius 3 is 2.84 bits per heavy atom. The number of fused-ring (bicyclic) bond motifs is 1. The Kier molecular flexibility index (Phi) is 6.84. The smallest absolute Gasteiger partial charge is 0.260 e. The van der Waals surface area contributed by atoms with Crippen LogP contribution in [0, 0.1) is 12.8 Å². The number of aromatic amines is 1. The maximum absolute atomic E-state index is 12.6. The molecule has 7 heteroatoms. The number of carbonyl (C=O) groups excluding carboxylic acids is 1. The van der Waals surface area contributed by atoms with Gasteiger partial charge in [-0.2, -0.15) is 0 Å². The van der Waals surface area contributed by atoms with Crippen LogP contribution in [-0.4, -0.2) is 27.7 Å². The number of rotatable bonds is 8. The third-order valence-electron chi connectivity index (χ3n) is 4.17. The van der Waals surface area contributed by atoms with Crippen molar-refractivity contribution in [2.75, 3.05) is 6.54 Å². The number of thioether (sulfide) groups is 1. The summed E-state index contributed by atoms with van der Waals surface area (Å²) in [6, 6.07) is 0. The number of nitrogens with one attached hydrogen (secondary N) is 2. The summed E-state index contributed by atoms with van der Waals surface area (Å²) in [6.45, 7) is 12.2. The summed E-state index contributed by atoms with van der Waals surface area (Å²) in [5.74, 6) is 0.422. The van der Waals surface area contributed by atoms with Crippen molar-refractivity contribution in [2.45, 2.75) is 50.9 Å². The van der Waals surface area contributed by atoms with Crippen LogP contribution in [0.3, 0.4) is 0 Å². The van der Waals surface area contributed by atoms with Gasteiger partial charge in [-0.3, -0.25) is 9.59 Å². The minimum absolute atomic E-state index is 0.104. The molecule has 0 unspecified atom stereocenters. The Balaban J connectivity index is 2.29. The quantitative estimate of drug-likeness (QED) is 0.417. The number of aryl methyl sites for hydroxylation is 1. The van der Waals surface area contributed by atoms with E-state index >= 15 is 0 Å². The maximum atomic E-state index is 12.6. The van der Waals surface area contributed by atoms with Gasteiger partial charge in [0.15, 0.2) is 5.16 Å². The molecule has 0 fully saturated rings. The first-order chi connectivity index (χ1) is 11.9. The van der Waals surface area contributed by atoms with Gasteiger partial charge in [0.25, 0.3) is 5.56 Å². The molecule has 0 aliphatic carbocycles. The van der Waals surface area contributed by atoms with Crippen LogP contribution in [-0.2, 0) is 11.2 Å². The van der Waals surface area contributed by atoms with Crippen LogP contribution in [0.2, 0.25) is 0 Å². The first-order valence-electron chi connectivity index (χ1n) is 8.44. The zero-order chi connectivity index (χ0) is 18.6. The molecule has 0 bridgehead atoms. The highest BCUT2D eigenvalue weighted by molar-refractivity contribution is 8.00. The summed E-state index contributed by atoms with van der Waals surface area (Å²) in [4.78, 5) is 33.9. The van der Waals surface area contributed by atoms with Gasteiger partial charge < -0.3 is 10.3 Å². The van der Waals surface area contributed by atoms with Crippen LogP contribution >= 0.6 is 23.1 Å². The second kappa shape index (κ2) is 8.67. The number of thiophene rings is 1. The maximum Gasteiger partial charge on any atom is 0.260 e. The lowest BCUT2D eigenvalue weighted by Gasteiger charge is -2.10. The molecule has 2 N–H and O–H groups in total. The third kappa shape index (κ3) is 4.73. The number of hydrogen-bond donors (Lipinski definition) is 2. The Labute approximate surface area is 156 Å². The van der Waals surface area contributed by atoms with Gasteiger partial charge in [-0.15, -0.1) is 17.9 Å². The molecular formula is C18H25N3O2S2. The highest BCUT2D eigenvalue weighted by Crippen LogP contribution is 2.31. The molecule has 5 nitrogen and oxygen atoms in total. The van der Waals surface area contributed by atoms with E-state index in [-0.39, 0.29) is 16.7 Å². The second-order valence-corrected chi connectivity index (χ2v) is 8.73. The van der Waals surface area contributed by atoms with E-state index in [1.807, 2.05) is 6.92 Å². The van der Waals surface area contributed by atoms with E-state index in [2.05, 4.69) is 35.7 Å². The van der Waals surface area contributed by atoms with Gasteiger partial charge >= 0.3 is 0 Å². The van der Waals surface area contributed by atoms with Crippen molar-refractivity contribution in [3.8, 4) is 0 Å². The minimum Gasteiger partial charge on any atom is -0.352 e. The fraction of sp³-hybridized carbons (Fsp3) is 0.500. The molecule has 25 heavy (non-hydrogen) atoms. The van der Waals surface area contributed by atoms with Gasteiger partial charge in [0.1, 0.15) is 4.83 Å². The van der Waals surface area contributed by atoms with Crippen molar-refractivity contribution < 1.29 is 4.79 Å². The molecule has 2 aromatic heterocycles. The van der Waals surface area contributed by atoms with Crippen molar-refractivity contribution in [2.24, 2.45) is 5.92 Å². The SMILES string of the molecule is C=CCNC(=O)[C@@H](C)Sc1nc2sc(C)c(C[C@H](C)CC)c2c(=O)[nH]1. The normalized spacial score (nSPS) is 13.6. The fourth-order valence-corrected chi connectivity index (χ4v) is 4.42. The van der Waals surface area contributed by atoms with Gasteiger partial charge in [-0.05, 0) is 31.7 Å². The molecule has 0 saturated carbocycles. The highest BCUT2D eigenvalue weighted by atomic mass is 32.2. The lowest BCUT2D eigenvalue weighted by Crippen LogP contribution is -2.31. The molecule has 0 aliphatic rings. The Bertz CT molecular complexity index is 826. The zero-order valence-corrected chi connectivity index (χ0v) is 16.8. The number of hydrogen-bond acceptors (Lipinski definition) is 5. The van der Waals surface area contributed by atoms with Crippen LogP contribution in [0.25, 0.3) is 10.2 Å². The first-order valence-corrected chi connectivity index (χ1v) is 10.1. The molecule has 0 aliphatic heterocycles. The Morgan fingerprint density at radius 2 is 2.20 bits per heavy atom. The average molecular weight is 380 g/mol. The van der Waals surface area contributed by atoms with Gasteiger partial charge in [0.05, 0.1) is 10.6 Å². The molecule has 2 rings (SSSR count). The fourth-order valence-electron chi connectivity index (χ4n) is 2.49. The van der Waals surface area contributed by atoms with E-state index in [9.17, 15) is 9.59 Å². The highest BCUT2D eigenvalue weighted by Gasteiger charge is 2.19. The molecule has 2 heterocycles. The van der Waals surface area contributed by atoms with Crippen molar-refractivity contribution in [3.05, 3.63) is 33.4 Å². The molecule has 136 valence electrons. The van der Waals surface area contributed by atoms with Gasteiger partial charge in [0.2, 0.25) is 5.91 Å². The van der Waals surface area contributed by atoms with Gasteiger partial charge in [0, 0.05) is 11.4 Å².